The zero-order chi connectivity index (χ0) is 13.1. The van der Waals surface area contributed by atoms with Gasteiger partial charge in [0.05, 0.1) is 0 Å². The van der Waals surface area contributed by atoms with E-state index in [1.54, 1.807) is 18.2 Å². The molecule has 0 aliphatic carbocycles. The molecule has 0 bridgehead atoms. The number of halogens is 1. The molecule has 6 nitrogen and oxygen atoms in total. The van der Waals surface area contributed by atoms with Crippen molar-refractivity contribution < 1.29 is 5.21 Å². The topological polar surface area (TPSA) is 100 Å². The minimum atomic E-state index is -0.00717. The molecule has 94 valence electrons. The first-order chi connectivity index (χ1) is 8.60. The molecule has 8 heteroatoms. The van der Waals surface area contributed by atoms with Crippen LogP contribution in [-0.4, -0.2) is 26.2 Å². The lowest BCUT2D eigenvalue weighted by Gasteiger charge is -2.06. The number of aromatic amines is 1. The maximum Gasteiger partial charge on any atom is 0.213 e. The Morgan fingerprint density at radius 2 is 2.33 bits per heavy atom. The van der Waals surface area contributed by atoms with Gasteiger partial charge in [-0.3, -0.25) is 5.10 Å². The predicted octanol–water partition coefficient (Wildman–Crippen LogP) is 2.01. The van der Waals surface area contributed by atoms with Crippen LogP contribution in [0.4, 0.5) is 0 Å². The average molecular weight is 284 g/mol. The summed E-state index contributed by atoms with van der Waals surface area (Å²) in [5.41, 5.74) is 6.14. The number of benzene rings is 1. The van der Waals surface area contributed by atoms with Crippen LogP contribution in [0.25, 0.3) is 0 Å². The minimum Gasteiger partial charge on any atom is -0.409 e. The highest BCUT2D eigenvalue weighted by Gasteiger charge is 2.11. The molecule has 0 fully saturated rings. The molecular weight excluding hydrogens is 274 g/mol. The van der Waals surface area contributed by atoms with E-state index in [0.29, 0.717) is 15.7 Å². The lowest BCUT2D eigenvalue weighted by Crippen LogP contribution is -2.14. The van der Waals surface area contributed by atoms with E-state index < -0.39 is 0 Å². The molecule has 18 heavy (non-hydrogen) atoms. The quantitative estimate of drug-likeness (QED) is 0.346. The highest BCUT2D eigenvalue weighted by Crippen LogP contribution is 2.29. The molecule has 1 aromatic carbocycles. The lowest BCUT2D eigenvalue weighted by molar-refractivity contribution is 0.318. The van der Waals surface area contributed by atoms with Gasteiger partial charge in [0.1, 0.15) is 5.82 Å². The normalized spacial score (nSPS) is 11.8. The van der Waals surface area contributed by atoms with Gasteiger partial charge < -0.3 is 10.9 Å². The number of nitrogens with zero attached hydrogens (tertiary/aromatic N) is 3. The molecule has 0 radical (unpaired) electrons. The largest absolute Gasteiger partial charge is 0.409 e. The fraction of sp³-hybridized carbons (Fsp3) is 0.100. The molecule has 0 saturated carbocycles. The van der Waals surface area contributed by atoms with E-state index in [4.69, 9.17) is 22.5 Å². The predicted molar refractivity (Wildman–Crippen MR) is 69.2 cm³/mol. The van der Waals surface area contributed by atoms with Crippen molar-refractivity contribution in [2.45, 2.75) is 17.0 Å². The van der Waals surface area contributed by atoms with Crippen molar-refractivity contribution in [3.63, 3.8) is 0 Å². The van der Waals surface area contributed by atoms with Gasteiger partial charge in [-0.15, -0.1) is 5.10 Å². The van der Waals surface area contributed by atoms with Crippen LogP contribution in [0, 0.1) is 6.92 Å². The van der Waals surface area contributed by atoms with Crippen LogP contribution in [0.3, 0.4) is 0 Å². The number of hydrogen-bond acceptors (Lipinski definition) is 5. The van der Waals surface area contributed by atoms with Crippen LogP contribution < -0.4 is 5.73 Å². The van der Waals surface area contributed by atoms with Crippen LogP contribution in [-0.2, 0) is 0 Å². The molecular formula is C10H10ClN5OS. The molecule has 2 aromatic rings. The van der Waals surface area contributed by atoms with Crippen molar-refractivity contribution in [1.29, 1.82) is 0 Å². The number of nitrogens with two attached hydrogens (primary N) is 1. The van der Waals surface area contributed by atoms with Crippen LogP contribution in [0.15, 0.2) is 33.4 Å². The van der Waals surface area contributed by atoms with Gasteiger partial charge in [-0.25, -0.2) is 4.98 Å². The van der Waals surface area contributed by atoms with Gasteiger partial charge in [-0.2, -0.15) is 0 Å². The first-order valence-corrected chi connectivity index (χ1v) is 6.14. The second-order valence-corrected chi connectivity index (χ2v) is 4.88. The highest BCUT2D eigenvalue weighted by atomic mass is 35.5. The average Bonchev–Trinajstić information content (AvgIpc) is 2.76. The molecule has 0 unspecified atom stereocenters. The van der Waals surface area contributed by atoms with Crippen molar-refractivity contribution in [3.05, 3.63) is 34.6 Å². The third-order valence-electron chi connectivity index (χ3n) is 2.10. The number of H-pyrrole nitrogens is 1. The van der Waals surface area contributed by atoms with Crippen LogP contribution in [0.1, 0.15) is 11.4 Å². The zero-order valence-electron chi connectivity index (χ0n) is 9.38. The Balaban J connectivity index is 2.38. The minimum absolute atomic E-state index is 0.00717. The van der Waals surface area contributed by atoms with Gasteiger partial charge in [0.25, 0.3) is 0 Å². The molecule has 1 heterocycles. The summed E-state index contributed by atoms with van der Waals surface area (Å²) >= 11 is 7.19. The summed E-state index contributed by atoms with van der Waals surface area (Å²) in [6.45, 7) is 1.81. The van der Waals surface area contributed by atoms with Gasteiger partial charge in [0, 0.05) is 15.5 Å². The maximum atomic E-state index is 8.75. The maximum absolute atomic E-state index is 8.75. The number of hydrogen-bond donors (Lipinski definition) is 3. The number of nitrogens with one attached hydrogen (secondary N) is 1. The fourth-order valence-corrected chi connectivity index (χ4v) is 2.36. The molecule has 0 saturated heterocycles. The van der Waals surface area contributed by atoms with E-state index in [-0.39, 0.29) is 5.84 Å². The molecule has 1 aromatic heterocycles. The zero-order valence-corrected chi connectivity index (χ0v) is 11.0. The molecule has 0 atom stereocenters. The number of aryl methyl sites for hydroxylation is 1. The Morgan fingerprint density at radius 1 is 1.56 bits per heavy atom. The Morgan fingerprint density at radius 3 is 2.94 bits per heavy atom. The Bertz CT molecular complexity index is 598. The summed E-state index contributed by atoms with van der Waals surface area (Å²) in [6, 6.07) is 5.11. The molecule has 2 rings (SSSR count). The second-order valence-electron chi connectivity index (χ2n) is 3.43. The smallest absolute Gasteiger partial charge is 0.213 e. The summed E-state index contributed by atoms with van der Waals surface area (Å²) in [5, 5.41) is 19.5. The van der Waals surface area contributed by atoms with E-state index in [1.807, 2.05) is 6.92 Å². The van der Waals surface area contributed by atoms with Gasteiger partial charge in [0.15, 0.2) is 5.84 Å². The van der Waals surface area contributed by atoms with Crippen molar-refractivity contribution in [2.75, 3.05) is 0 Å². The van der Waals surface area contributed by atoms with E-state index in [1.165, 1.54) is 11.8 Å². The third-order valence-corrected chi connectivity index (χ3v) is 3.28. The van der Waals surface area contributed by atoms with E-state index >= 15 is 0 Å². The number of amidine groups is 1. The van der Waals surface area contributed by atoms with Crippen molar-refractivity contribution in [3.8, 4) is 0 Å². The van der Waals surface area contributed by atoms with Gasteiger partial charge >= 0.3 is 0 Å². The first-order valence-electron chi connectivity index (χ1n) is 4.94. The van der Waals surface area contributed by atoms with E-state index in [0.717, 1.165) is 10.7 Å². The molecule has 0 spiro atoms. The van der Waals surface area contributed by atoms with Crippen molar-refractivity contribution >= 4 is 29.2 Å². The molecule has 0 aliphatic heterocycles. The van der Waals surface area contributed by atoms with Gasteiger partial charge in [-0.05, 0) is 36.9 Å². The summed E-state index contributed by atoms with van der Waals surface area (Å²) < 4.78 is 0. The van der Waals surface area contributed by atoms with Gasteiger partial charge in [0.2, 0.25) is 5.16 Å². The standard InChI is InChI=1S/C10H10ClN5OS/c1-5-13-10(15-14-5)18-8-3-2-6(11)4-7(8)9(12)16-17/h2-4,17H,1H3,(H2,12,16)(H,13,14,15). The number of rotatable bonds is 3. The summed E-state index contributed by atoms with van der Waals surface area (Å²) in [6.07, 6.45) is 0. The van der Waals surface area contributed by atoms with Crippen molar-refractivity contribution in [1.82, 2.24) is 15.2 Å². The fourth-order valence-electron chi connectivity index (χ4n) is 1.31. The SMILES string of the molecule is Cc1nc(Sc2ccc(Cl)cc2C(N)=NO)n[nH]1. The van der Waals surface area contributed by atoms with E-state index in [2.05, 4.69) is 20.3 Å². The third kappa shape index (κ3) is 2.74. The van der Waals surface area contributed by atoms with Crippen LogP contribution >= 0.6 is 23.4 Å². The Hall–Kier alpha value is -1.73. The first kappa shape index (κ1) is 12.7. The molecule has 4 N–H and O–H groups in total. The molecule has 0 aliphatic rings. The number of aromatic nitrogens is 3. The summed E-state index contributed by atoms with van der Waals surface area (Å²) in [4.78, 5) is 4.93. The lowest BCUT2D eigenvalue weighted by atomic mass is 10.2. The summed E-state index contributed by atoms with van der Waals surface area (Å²) in [5.74, 6) is 0.712. The summed E-state index contributed by atoms with van der Waals surface area (Å²) in [7, 11) is 0. The van der Waals surface area contributed by atoms with E-state index in [9.17, 15) is 0 Å². The Labute approximate surface area is 112 Å². The molecule has 0 amide bonds. The van der Waals surface area contributed by atoms with Gasteiger partial charge in [-0.1, -0.05) is 16.8 Å². The highest BCUT2D eigenvalue weighted by molar-refractivity contribution is 7.99. The van der Waals surface area contributed by atoms with Crippen LogP contribution in [0.5, 0.6) is 0 Å². The van der Waals surface area contributed by atoms with Crippen LogP contribution in [0.2, 0.25) is 5.02 Å². The number of oxime groups is 1. The second kappa shape index (κ2) is 5.28. The van der Waals surface area contributed by atoms with Crippen molar-refractivity contribution in [2.24, 2.45) is 10.9 Å². The monoisotopic (exact) mass is 283 g/mol. The Kier molecular flexibility index (Phi) is 3.73.